The summed E-state index contributed by atoms with van der Waals surface area (Å²) in [5.41, 5.74) is 3.54. The van der Waals surface area contributed by atoms with Crippen molar-refractivity contribution in [3.05, 3.63) is 84.8 Å². The highest BCUT2D eigenvalue weighted by Crippen LogP contribution is 2.24. The maximum atomic E-state index is 13.2. The fourth-order valence-electron chi connectivity index (χ4n) is 4.45. The van der Waals surface area contributed by atoms with E-state index in [2.05, 4.69) is 26.7 Å². The van der Waals surface area contributed by atoms with Crippen LogP contribution in [-0.4, -0.2) is 40.7 Å². The van der Waals surface area contributed by atoms with Crippen molar-refractivity contribution in [1.29, 1.82) is 0 Å². The van der Waals surface area contributed by atoms with Crippen LogP contribution in [0.3, 0.4) is 0 Å². The monoisotopic (exact) mass is 483 g/mol. The van der Waals surface area contributed by atoms with E-state index in [0.29, 0.717) is 17.1 Å². The van der Waals surface area contributed by atoms with Gasteiger partial charge < -0.3 is 20.0 Å². The normalized spacial score (nSPS) is 14.0. The van der Waals surface area contributed by atoms with Gasteiger partial charge in [-0.05, 0) is 62.2 Å². The summed E-state index contributed by atoms with van der Waals surface area (Å²) in [6, 6.07) is 22.2. The molecule has 36 heavy (non-hydrogen) atoms. The SMILES string of the molecule is CC(CC(=O)Nc1cccc(N2CCCC2)c1)NC(=O)c1cc(-c2ccco2)nn1-c1ccccc1. The Kier molecular flexibility index (Phi) is 6.84. The summed E-state index contributed by atoms with van der Waals surface area (Å²) in [6.07, 6.45) is 4.10. The van der Waals surface area contributed by atoms with Crippen molar-refractivity contribution < 1.29 is 14.0 Å². The zero-order chi connectivity index (χ0) is 24.9. The highest BCUT2D eigenvalue weighted by molar-refractivity contribution is 5.96. The van der Waals surface area contributed by atoms with Gasteiger partial charge in [-0.1, -0.05) is 24.3 Å². The molecule has 2 aromatic carbocycles. The summed E-state index contributed by atoms with van der Waals surface area (Å²) in [6.45, 7) is 3.90. The van der Waals surface area contributed by atoms with Crippen LogP contribution in [0.5, 0.6) is 0 Å². The van der Waals surface area contributed by atoms with Gasteiger partial charge >= 0.3 is 0 Å². The molecule has 1 unspecified atom stereocenters. The van der Waals surface area contributed by atoms with Crippen LogP contribution in [0.15, 0.2) is 83.5 Å². The van der Waals surface area contributed by atoms with Crippen molar-refractivity contribution in [2.24, 2.45) is 0 Å². The van der Waals surface area contributed by atoms with Gasteiger partial charge in [0.15, 0.2) is 5.76 Å². The smallest absolute Gasteiger partial charge is 0.270 e. The Bertz CT molecular complexity index is 1320. The first-order valence-electron chi connectivity index (χ1n) is 12.2. The highest BCUT2D eigenvalue weighted by atomic mass is 16.3. The van der Waals surface area contributed by atoms with E-state index in [0.717, 1.165) is 30.2 Å². The van der Waals surface area contributed by atoms with E-state index in [9.17, 15) is 9.59 Å². The van der Waals surface area contributed by atoms with E-state index in [-0.39, 0.29) is 24.3 Å². The van der Waals surface area contributed by atoms with Crippen LogP contribution in [0, 0.1) is 0 Å². The number of nitrogens with one attached hydrogen (secondary N) is 2. The van der Waals surface area contributed by atoms with Gasteiger partial charge in [0, 0.05) is 43.0 Å². The number of carbonyl (C=O) groups excluding carboxylic acids is 2. The number of anilines is 2. The van der Waals surface area contributed by atoms with Gasteiger partial charge in [0.25, 0.3) is 5.91 Å². The Labute approximate surface area is 209 Å². The predicted molar refractivity (Wildman–Crippen MR) is 139 cm³/mol. The molecule has 1 saturated heterocycles. The minimum absolute atomic E-state index is 0.143. The van der Waals surface area contributed by atoms with Crippen LogP contribution >= 0.6 is 0 Å². The molecular formula is C28H29N5O3. The average molecular weight is 484 g/mol. The van der Waals surface area contributed by atoms with Crippen LogP contribution in [0.1, 0.15) is 36.7 Å². The van der Waals surface area contributed by atoms with E-state index in [4.69, 9.17) is 4.42 Å². The van der Waals surface area contributed by atoms with Crippen LogP contribution in [0.25, 0.3) is 17.1 Å². The van der Waals surface area contributed by atoms with Crippen molar-refractivity contribution in [3.63, 3.8) is 0 Å². The second kappa shape index (κ2) is 10.5. The molecule has 0 saturated carbocycles. The van der Waals surface area contributed by atoms with Gasteiger partial charge in [-0.15, -0.1) is 0 Å². The van der Waals surface area contributed by atoms with E-state index < -0.39 is 0 Å². The minimum atomic E-state index is -0.384. The summed E-state index contributed by atoms with van der Waals surface area (Å²) in [7, 11) is 0. The summed E-state index contributed by atoms with van der Waals surface area (Å²) in [5, 5.41) is 10.5. The molecule has 2 N–H and O–H groups in total. The highest BCUT2D eigenvalue weighted by Gasteiger charge is 2.21. The van der Waals surface area contributed by atoms with Crippen molar-refractivity contribution >= 4 is 23.2 Å². The van der Waals surface area contributed by atoms with Crippen LogP contribution in [0.2, 0.25) is 0 Å². The molecule has 2 amide bonds. The lowest BCUT2D eigenvalue weighted by Gasteiger charge is -2.19. The van der Waals surface area contributed by atoms with Gasteiger partial charge in [-0.25, -0.2) is 4.68 Å². The Morgan fingerprint density at radius 3 is 2.50 bits per heavy atom. The molecule has 184 valence electrons. The van der Waals surface area contributed by atoms with E-state index in [1.807, 2.05) is 55.5 Å². The average Bonchev–Trinajstić information content (AvgIpc) is 3.66. The number of nitrogens with zero attached hydrogens (tertiary/aromatic N) is 3. The van der Waals surface area contributed by atoms with Crippen LogP contribution in [0.4, 0.5) is 11.4 Å². The maximum absolute atomic E-state index is 13.2. The fourth-order valence-corrected chi connectivity index (χ4v) is 4.45. The van der Waals surface area contributed by atoms with Gasteiger partial charge in [0.1, 0.15) is 11.4 Å². The van der Waals surface area contributed by atoms with Crippen LogP contribution < -0.4 is 15.5 Å². The third-order valence-electron chi connectivity index (χ3n) is 6.19. The van der Waals surface area contributed by atoms with E-state index >= 15 is 0 Å². The van der Waals surface area contributed by atoms with Gasteiger partial charge in [0.2, 0.25) is 5.91 Å². The molecule has 0 aliphatic carbocycles. The molecule has 8 heteroatoms. The molecule has 2 aromatic heterocycles. The molecule has 0 bridgehead atoms. The van der Waals surface area contributed by atoms with Crippen molar-refractivity contribution in [2.45, 2.75) is 32.2 Å². The molecular weight excluding hydrogens is 454 g/mol. The third-order valence-corrected chi connectivity index (χ3v) is 6.19. The second-order valence-corrected chi connectivity index (χ2v) is 9.01. The molecule has 1 fully saturated rings. The Balaban J connectivity index is 1.26. The summed E-state index contributed by atoms with van der Waals surface area (Å²) < 4.78 is 7.06. The Morgan fingerprint density at radius 2 is 1.75 bits per heavy atom. The molecule has 0 spiro atoms. The summed E-state index contributed by atoms with van der Waals surface area (Å²) in [4.78, 5) is 28.3. The Morgan fingerprint density at radius 1 is 0.972 bits per heavy atom. The number of amides is 2. The van der Waals surface area contributed by atoms with E-state index in [1.165, 1.54) is 12.8 Å². The molecule has 1 aliphatic heterocycles. The lowest BCUT2D eigenvalue weighted by molar-refractivity contribution is -0.116. The molecule has 1 atom stereocenters. The maximum Gasteiger partial charge on any atom is 0.270 e. The molecule has 5 rings (SSSR count). The fraction of sp³-hybridized carbons (Fsp3) is 0.250. The third kappa shape index (κ3) is 5.33. The quantitative estimate of drug-likeness (QED) is 0.373. The van der Waals surface area contributed by atoms with Crippen molar-refractivity contribution in [3.8, 4) is 17.1 Å². The van der Waals surface area contributed by atoms with Crippen molar-refractivity contribution in [1.82, 2.24) is 15.1 Å². The minimum Gasteiger partial charge on any atom is -0.463 e. The summed E-state index contributed by atoms with van der Waals surface area (Å²) in [5.74, 6) is 0.0945. The second-order valence-electron chi connectivity index (χ2n) is 9.01. The molecule has 8 nitrogen and oxygen atoms in total. The molecule has 1 aliphatic rings. The van der Waals surface area contributed by atoms with Gasteiger partial charge in [0.05, 0.1) is 12.0 Å². The van der Waals surface area contributed by atoms with E-state index in [1.54, 1.807) is 29.1 Å². The largest absolute Gasteiger partial charge is 0.463 e. The van der Waals surface area contributed by atoms with Crippen LogP contribution in [-0.2, 0) is 4.79 Å². The number of furan rings is 1. The number of hydrogen-bond donors (Lipinski definition) is 2. The number of para-hydroxylation sites is 1. The Hall–Kier alpha value is -4.33. The summed E-state index contributed by atoms with van der Waals surface area (Å²) >= 11 is 0. The van der Waals surface area contributed by atoms with Gasteiger partial charge in [-0.3, -0.25) is 9.59 Å². The molecule has 4 aromatic rings. The standard InChI is InChI=1S/C28H29N5O3/c1-20(17-27(34)30-21-9-7-12-23(18-21)32-14-5-6-15-32)29-28(35)25-19-24(26-13-8-16-36-26)31-33(25)22-10-3-2-4-11-22/h2-4,7-13,16,18-20H,5-6,14-15,17H2,1H3,(H,29,35)(H,30,34). The first-order chi connectivity index (χ1) is 17.6. The number of hydrogen-bond acceptors (Lipinski definition) is 5. The van der Waals surface area contributed by atoms with Gasteiger partial charge in [-0.2, -0.15) is 5.10 Å². The number of aromatic nitrogens is 2. The first-order valence-corrected chi connectivity index (χ1v) is 12.2. The zero-order valence-electron chi connectivity index (χ0n) is 20.2. The number of benzene rings is 2. The lowest BCUT2D eigenvalue weighted by atomic mass is 10.2. The number of carbonyl (C=O) groups is 2. The number of rotatable bonds is 8. The molecule has 0 radical (unpaired) electrons. The zero-order valence-corrected chi connectivity index (χ0v) is 20.2. The first kappa shape index (κ1) is 23.4. The van der Waals surface area contributed by atoms with Crippen molar-refractivity contribution in [2.75, 3.05) is 23.3 Å². The topological polar surface area (TPSA) is 92.4 Å². The lowest BCUT2D eigenvalue weighted by Crippen LogP contribution is -2.36. The predicted octanol–water partition coefficient (Wildman–Crippen LogP) is 4.88. The molecule has 3 heterocycles.